The van der Waals surface area contributed by atoms with Crippen LogP contribution in [-0.2, 0) is 0 Å². The molecule has 16 heavy (non-hydrogen) atoms. The fraction of sp³-hybridized carbons (Fsp3) is 0.0833. The van der Waals surface area contributed by atoms with Crippen molar-refractivity contribution in [2.24, 2.45) is 0 Å². The number of fused-ring (bicyclic) bond motifs is 1. The van der Waals surface area contributed by atoms with Gasteiger partial charge in [0.25, 0.3) is 0 Å². The number of ether oxygens (including phenoxy) is 1. The summed E-state index contributed by atoms with van der Waals surface area (Å²) in [6.07, 6.45) is 2.03. The molecule has 2 aromatic heterocycles. The first-order valence-corrected chi connectivity index (χ1v) is 5.82. The molecule has 0 bridgehead atoms. The molecule has 0 amide bonds. The topological polar surface area (TPSA) is 27.1 Å². The van der Waals surface area contributed by atoms with Crippen molar-refractivity contribution >= 4 is 22.2 Å². The van der Waals surface area contributed by atoms with Crippen LogP contribution in [0.25, 0.3) is 16.0 Å². The second kappa shape index (κ2) is 3.64. The van der Waals surface area contributed by atoms with Gasteiger partial charge in [0, 0.05) is 11.6 Å². The second-order valence-corrected chi connectivity index (χ2v) is 4.25. The van der Waals surface area contributed by atoms with E-state index in [1.807, 2.05) is 23.7 Å². The number of thiazole rings is 1. The third kappa shape index (κ3) is 1.39. The summed E-state index contributed by atoms with van der Waals surface area (Å²) in [5.41, 5.74) is 1.17. The van der Waals surface area contributed by atoms with Gasteiger partial charge in [0.1, 0.15) is 0 Å². The molecule has 1 aromatic carbocycles. The molecule has 80 valence electrons. The zero-order valence-electron chi connectivity index (χ0n) is 8.75. The molecule has 0 atom stereocenters. The Morgan fingerprint density at radius 2 is 2.12 bits per heavy atom. The average molecular weight is 230 g/mol. The van der Waals surface area contributed by atoms with E-state index in [4.69, 9.17) is 4.74 Å². The van der Waals surface area contributed by atoms with E-state index in [0.29, 0.717) is 5.88 Å². The predicted molar refractivity (Wildman–Crippen MR) is 65.5 cm³/mol. The fourth-order valence-corrected chi connectivity index (χ4v) is 2.47. The number of methoxy groups -OCH3 is 1. The van der Waals surface area contributed by atoms with E-state index >= 15 is 0 Å². The lowest BCUT2D eigenvalue weighted by Crippen LogP contribution is -1.91. The van der Waals surface area contributed by atoms with Crippen molar-refractivity contribution in [2.75, 3.05) is 7.11 Å². The van der Waals surface area contributed by atoms with Gasteiger partial charge in [-0.25, -0.2) is 0 Å². The Labute approximate surface area is 96.9 Å². The molecule has 0 spiro atoms. The Balaban J connectivity index is 2.18. The van der Waals surface area contributed by atoms with Crippen LogP contribution in [0.2, 0.25) is 0 Å². The number of hydrogen-bond acceptors (Lipinski definition) is 3. The maximum atomic E-state index is 5.09. The highest BCUT2D eigenvalue weighted by Crippen LogP contribution is 2.24. The number of benzene rings is 1. The highest BCUT2D eigenvalue weighted by Gasteiger charge is 2.06. The third-order valence-electron chi connectivity index (χ3n) is 2.49. The van der Waals surface area contributed by atoms with Crippen LogP contribution in [0.1, 0.15) is 0 Å². The summed E-state index contributed by atoms with van der Waals surface area (Å²) in [6, 6.07) is 10.3. The molecule has 0 radical (unpaired) electrons. The summed E-state index contributed by atoms with van der Waals surface area (Å²) in [5.74, 6) is 0.665. The Kier molecular flexibility index (Phi) is 2.15. The highest BCUT2D eigenvalue weighted by atomic mass is 32.1. The van der Waals surface area contributed by atoms with Gasteiger partial charge in [-0.1, -0.05) is 18.2 Å². The van der Waals surface area contributed by atoms with Gasteiger partial charge in [-0.15, -0.1) is 11.3 Å². The van der Waals surface area contributed by atoms with E-state index in [2.05, 4.69) is 27.8 Å². The number of nitrogens with zero attached hydrogens (tertiary/aromatic N) is 2. The van der Waals surface area contributed by atoms with E-state index in [-0.39, 0.29) is 0 Å². The first-order chi connectivity index (χ1) is 7.88. The molecule has 3 aromatic rings. The van der Waals surface area contributed by atoms with Crippen molar-refractivity contribution < 1.29 is 4.74 Å². The van der Waals surface area contributed by atoms with Gasteiger partial charge in [0.05, 0.1) is 18.0 Å². The molecule has 0 saturated carbocycles. The van der Waals surface area contributed by atoms with Crippen molar-refractivity contribution in [1.29, 1.82) is 0 Å². The monoisotopic (exact) mass is 230 g/mol. The van der Waals surface area contributed by atoms with Crippen LogP contribution in [0, 0.1) is 0 Å². The van der Waals surface area contributed by atoms with Crippen molar-refractivity contribution in [3.8, 4) is 11.0 Å². The molecule has 0 aliphatic rings. The number of rotatable bonds is 2. The van der Waals surface area contributed by atoms with Crippen LogP contribution in [0.3, 0.4) is 0 Å². The second-order valence-electron chi connectivity index (χ2n) is 3.42. The zero-order valence-corrected chi connectivity index (χ0v) is 9.57. The minimum atomic E-state index is 0.665. The number of aromatic nitrogens is 2. The standard InChI is InChI=1S/C12H10N2OS/c1-15-11-8-16-12(13-11)14-7-6-9-4-2-3-5-10(9)14/h2-8H,1H3. The van der Waals surface area contributed by atoms with Gasteiger partial charge in [0.2, 0.25) is 5.88 Å². The molecule has 0 fully saturated rings. The third-order valence-corrected chi connectivity index (χ3v) is 3.30. The SMILES string of the molecule is COc1csc(-n2ccc3ccccc32)n1. The smallest absolute Gasteiger partial charge is 0.226 e. The lowest BCUT2D eigenvalue weighted by atomic mass is 10.2. The Morgan fingerprint density at radius 1 is 1.25 bits per heavy atom. The van der Waals surface area contributed by atoms with Gasteiger partial charge < -0.3 is 4.74 Å². The Hall–Kier alpha value is -1.81. The molecular weight excluding hydrogens is 220 g/mol. The summed E-state index contributed by atoms with van der Waals surface area (Å²) in [4.78, 5) is 4.38. The van der Waals surface area contributed by atoms with Crippen molar-refractivity contribution in [3.05, 3.63) is 41.9 Å². The van der Waals surface area contributed by atoms with Gasteiger partial charge in [-0.3, -0.25) is 4.57 Å². The van der Waals surface area contributed by atoms with Gasteiger partial charge in [-0.05, 0) is 12.1 Å². The van der Waals surface area contributed by atoms with Crippen LogP contribution in [0.5, 0.6) is 5.88 Å². The van der Waals surface area contributed by atoms with E-state index in [9.17, 15) is 0 Å². The van der Waals surface area contributed by atoms with E-state index in [0.717, 1.165) is 5.13 Å². The first kappa shape index (κ1) is 9.42. The average Bonchev–Trinajstić information content (AvgIpc) is 2.94. The van der Waals surface area contributed by atoms with Crippen molar-refractivity contribution in [1.82, 2.24) is 9.55 Å². The van der Waals surface area contributed by atoms with Crippen LogP contribution in [0.4, 0.5) is 0 Å². The van der Waals surface area contributed by atoms with Crippen molar-refractivity contribution in [3.63, 3.8) is 0 Å². The van der Waals surface area contributed by atoms with E-state index < -0.39 is 0 Å². The van der Waals surface area contributed by atoms with Crippen LogP contribution in [-0.4, -0.2) is 16.7 Å². The molecule has 2 heterocycles. The molecule has 3 nitrogen and oxygen atoms in total. The number of hydrogen-bond donors (Lipinski definition) is 0. The first-order valence-electron chi connectivity index (χ1n) is 4.94. The maximum absolute atomic E-state index is 5.09. The van der Waals surface area contributed by atoms with Crippen LogP contribution >= 0.6 is 11.3 Å². The normalized spacial score (nSPS) is 10.8. The lowest BCUT2D eigenvalue weighted by Gasteiger charge is -1.99. The summed E-state index contributed by atoms with van der Waals surface area (Å²) in [6.45, 7) is 0. The van der Waals surface area contributed by atoms with Crippen LogP contribution < -0.4 is 4.74 Å². The van der Waals surface area contributed by atoms with E-state index in [1.165, 1.54) is 10.9 Å². The molecule has 0 aliphatic carbocycles. The predicted octanol–water partition coefficient (Wildman–Crippen LogP) is 3.10. The minimum Gasteiger partial charge on any atom is -0.480 e. The maximum Gasteiger partial charge on any atom is 0.226 e. The summed E-state index contributed by atoms with van der Waals surface area (Å²) < 4.78 is 7.16. The van der Waals surface area contributed by atoms with Crippen molar-refractivity contribution in [2.45, 2.75) is 0 Å². The highest BCUT2D eigenvalue weighted by molar-refractivity contribution is 7.12. The summed E-state index contributed by atoms with van der Waals surface area (Å²) in [5, 5.41) is 4.05. The summed E-state index contributed by atoms with van der Waals surface area (Å²) >= 11 is 1.57. The van der Waals surface area contributed by atoms with Gasteiger partial charge in [0.15, 0.2) is 5.13 Å². The van der Waals surface area contributed by atoms with Gasteiger partial charge >= 0.3 is 0 Å². The largest absolute Gasteiger partial charge is 0.480 e. The number of para-hydroxylation sites is 1. The minimum absolute atomic E-state index is 0.665. The molecule has 0 aliphatic heterocycles. The molecule has 0 saturated heterocycles. The quantitative estimate of drug-likeness (QED) is 0.676. The molecule has 0 N–H and O–H groups in total. The zero-order chi connectivity index (χ0) is 11.0. The molecular formula is C12H10N2OS. The molecule has 4 heteroatoms. The Morgan fingerprint density at radius 3 is 2.94 bits per heavy atom. The lowest BCUT2D eigenvalue weighted by molar-refractivity contribution is 0.400. The fourth-order valence-electron chi connectivity index (χ4n) is 1.70. The van der Waals surface area contributed by atoms with Gasteiger partial charge in [-0.2, -0.15) is 4.98 Å². The van der Waals surface area contributed by atoms with E-state index in [1.54, 1.807) is 18.4 Å². The molecule has 3 rings (SSSR count). The summed E-state index contributed by atoms with van der Waals surface area (Å²) in [7, 11) is 1.63. The van der Waals surface area contributed by atoms with Crippen LogP contribution in [0.15, 0.2) is 41.9 Å². The Bertz CT molecular complexity index is 627. The molecule has 0 unspecified atom stereocenters.